The van der Waals surface area contributed by atoms with Gasteiger partial charge in [0, 0.05) is 10.8 Å². The van der Waals surface area contributed by atoms with Crippen molar-refractivity contribution in [3.63, 3.8) is 0 Å². The Balaban J connectivity index is 1.91. The highest BCUT2D eigenvalue weighted by molar-refractivity contribution is 7.98. The molecule has 140 valence electrons. The largest absolute Gasteiger partial charge is 0.297 e. The molecular formula is C21H26O3S2. The average molecular weight is 391 g/mol. The van der Waals surface area contributed by atoms with Crippen LogP contribution in [0.3, 0.4) is 0 Å². The van der Waals surface area contributed by atoms with Gasteiger partial charge in [-0.1, -0.05) is 55.2 Å². The van der Waals surface area contributed by atoms with E-state index in [1.54, 1.807) is 23.9 Å². The summed E-state index contributed by atoms with van der Waals surface area (Å²) in [6.07, 6.45) is 6.74. The summed E-state index contributed by atoms with van der Waals surface area (Å²) in [5.41, 5.74) is 2.25. The van der Waals surface area contributed by atoms with Gasteiger partial charge in [0.1, 0.15) is 0 Å². The van der Waals surface area contributed by atoms with Crippen LogP contribution >= 0.6 is 11.8 Å². The number of hydrogen-bond donors (Lipinski definition) is 0. The smallest absolute Gasteiger partial charge is 0.262 e. The molecule has 0 radical (unpaired) electrons. The van der Waals surface area contributed by atoms with E-state index in [-0.39, 0.29) is 16.9 Å². The van der Waals surface area contributed by atoms with Gasteiger partial charge in [-0.05, 0) is 49.8 Å². The molecule has 0 aromatic heterocycles. The maximum absolute atomic E-state index is 12.8. The van der Waals surface area contributed by atoms with Gasteiger partial charge in [-0.3, -0.25) is 4.18 Å². The first-order chi connectivity index (χ1) is 12.5. The van der Waals surface area contributed by atoms with Gasteiger partial charge in [0.15, 0.2) is 0 Å². The molecule has 0 saturated heterocycles. The molecule has 0 aliphatic heterocycles. The fourth-order valence-corrected chi connectivity index (χ4v) is 5.45. The first-order valence-corrected chi connectivity index (χ1v) is 11.8. The Hall–Kier alpha value is -1.30. The number of thioether (sulfide) groups is 1. The molecule has 0 amide bonds. The zero-order valence-electron chi connectivity index (χ0n) is 15.4. The predicted octanol–water partition coefficient (Wildman–Crippen LogP) is 5.54. The van der Waals surface area contributed by atoms with Crippen molar-refractivity contribution >= 4 is 21.9 Å². The second kappa shape index (κ2) is 8.59. The van der Waals surface area contributed by atoms with E-state index in [1.165, 1.54) is 10.5 Å². The summed E-state index contributed by atoms with van der Waals surface area (Å²) in [7, 11) is -3.76. The average Bonchev–Trinajstić information content (AvgIpc) is 2.87. The maximum atomic E-state index is 12.8. The van der Waals surface area contributed by atoms with Crippen LogP contribution in [0.15, 0.2) is 58.3 Å². The topological polar surface area (TPSA) is 43.4 Å². The fourth-order valence-electron chi connectivity index (χ4n) is 3.64. The minimum Gasteiger partial charge on any atom is -0.262 e. The van der Waals surface area contributed by atoms with E-state index in [9.17, 15) is 8.42 Å². The predicted molar refractivity (Wildman–Crippen MR) is 107 cm³/mol. The number of rotatable bonds is 5. The van der Waals surface area contributed by atoms with E-state index in [1.807, 2.05) is 31.2 Å². The third-order valence-electron chi connectivity index (χ3n) is 5.05. The summed E-state index contributed by atoms with van der Waals surface area (Å²) >= 11 is 1.71. The second-order valence-electron chi connectivity index (χ2n) is 6.89. The van der Waals surface area contributed by atoms with Crippen molar-refractivity contribution in [2.24, 2.45) is 0 Å². The Kier molecular flexibility index (Phi) is 6.43. The summed E-state index contributed by atoms with van der Waals surface area (Å²) in [4.78, 5) is 1.45. The van der Waals surface area contributed by atoms with E-state index in [4.69, 9.17) is 4.18 Å². The van der Waals surface area contributed by atoms with Crippen LogP contribution in [-0.4, -0.2) is 20.8 Å². The Morgan fingerprint density at radius 3 is 2.38 bits per heavy atom. The summed E-state index contributed by atoms with van der Waals surface area (Å²) in [5, 5.41) is 0. The molecule has 2 aromatic carbocycles. The van der Waals surface area contributed by atoms with Crippen LogP contribution in [0.2, 0.25) is 0 Å². The lowest BCUT2D eigenvalue weighted by molar-refractivity contribution is 0.167. The van der Waals surface area contributed by atoms with Gasteiger partial charge in [-0.2, -0.15) is 8.42 Å². The molecule has 3 rings (SSSR count). The van der Waals surface area contributed by atoms with Crippen LogP contribution < -0.4 is 0 Å². The van der Waals surface area contributed by atoms with Gasteiger partial charge in [-0.25, -0.2) is 0 Å². The van der Waals surface area contributed by atoms with Gasteiger partial charge in [0.25, 0.3) is 10.1 Å². The van der Waals surface area contributed by atoms with Gasteiger partial charge >= 0.3 is 0 Å². The molecule has 26 heavy (non-hydrogen) atoms. The van der Waals surface area contributed by atoms with Crippen molar-refractivity contribution in [1.29, 1.82) is 0 Å². The Labute approximate surface area is 161 Å². The normalized spacial score (nSPS) is 21.3. The quantitative estimate of drug-likeness (QED) is 0.382. The highest BCUT2D eigenvalue weighted by Gasteiger charge is 2.32. The molecule has 5 heteroatoms. The molecule has 2 aromatic rings. The highest BCUT2D eigenvalue weighted by Crippen LogP contribution is 2.39. The molecule has 1 saturated carbocycles. The van der Waals surface area contributed by atoms with Crippen molar-refractivity contribution in [1.82, 2.24) is 0 Å². The SMILES string of the molecule is CSc1ccccc1[C@@H]1CCCCC[C@H]1OS(=O)(=O)c1ccc(C)cc1. The summed E-state index contributed by atoms with van der Waals surface area (Å²) in [6.45, 7) is 1.94. The third kappa shape index (κ3) is 4.51. The molecule has 1 aliphatic rings. The van der Waals surface area contributed by atoms with Crippen LogP contribution in [0, 0.1) is 6.92 Å². The lowest BCUT2D eigenvalue weighted by Crippen LogP contribution is -2.25. The monoisotopic (exact) mass is 390 g/mol. The molecule has 0 N–H and O–H groups in total. The molecule has 0 bridgehead atoms. The van der Waals surface area contributed by atoms with E-state index in [0.717, 1.165) is 37.7 Å². The molecule has 0 spiro atoms. The van der Waals surface area contributed by atoms with Crippen molar-refractivity contribution < 1.29 is 12.6 Å². The number of hydrogen-bond acceptors (Lipinski definition) is 4. The summed E-state index contributed by atoms with van der Waals surface area (Å²) in [6, 6.07) is 15.2. The Bertz CT molecular complexity index is 829. The fraction of sp³-hybridized carbons (Fsp3) is 0.429. The Morgan fingerprint density at radius 2 is 1.65 bits per heavy atom. The first-order valence-electron chi connectivity index (χ1n) is 9.14. The van der Waals surface area contributed by atoms with Crippen molar-refractivity contribution in [3.8, 4) is 0 Å². The van der Waals surface area contributed by atoms with Crippen LogP contribution in [0.4, 0.5) is 0 Å². The third-order valence-corrected chi connectivity index (χ3v) is 7.21. The van der Waals surface area contributed by atoms with E-state index < -0.39 is 10.1 Å². The molecule has 3 nitrogen and oxygen atoms in total. The van der Waals surface area contributed by atoms with Crippen molar-refractivity contribution in [2.45, 2.75) is 60.8 Å². The summed E-state index contributed by atoms with van der Waals surface area (Å²) in [5.74, 6) is 0.112. The van der Waals surface area contributed by atoms with Gasteiger partial charge in [0.2, 0.25) is 0 Å². The molecule has 0 unspecified atom stereocenters. The Morgan fingerprint density at radius 1 is 0.962 bits per heavy atom. The number of benzene rings is 2. The van der Waals surface area contributed by atoms with E-state index >= 15 is 0 Å². The van der Waals surface area contributed by atoms with Crippen LogP contribution in [0.25, 0.3) is 0 Å². The van der Waals surface area contributed by atoms with Crippen LogP contribution in [0.5, 0.6) is 0 Å². The van der Waals surface area contributed by atoms with E-state index in [0.29, 0.717) is 0 Å². The minimum absolute atomic E-state index is 0.112. The highest BCUT2D eigenvalue weighted by atomic mass is 32.2. The van der Waals surface area contributed by atoms with Crippen LogP contribution in [0.1, 0.15) is 49.1 Å². The zero-order valence-corrected chi connectivity index (χ0v) is 17.0. The van der Waals surface area contributed by atoms with Crippen molar-refractivity contribution in [2.75, 3.05) is 6.26 Å². The van der Waals surface area contributed by atoms with Crippen LogP contribution in [-0.2, 0) is 14.3 Å². The number of aryl methyl sites for hydroxylation is 1. The lowest BCUT2D eigenvalue weighted by Gasteiger charge is -2.26. The standard InChI is InChI=1S/C21H26O3S2/c1-16-12-14-17(15-13-16)26(22,23)24-20-10-5-3-4-8-18(20)19-9-6-7-11-21(19)25-2/h6-7,9,11-15,18,20H,3-5,8,10H2,1-2H3/t18-,20+/m0/s1. The zero-order chi connectivity index (χ0) is 18.6. The van der Waals surface area contributed by atoms with Crippen molar-refractivity contribution in [3.05, 3.63) is 59.7 Å². The molecule has 1 fully saturated rings. The van der Waals surface area contributed by atoms with Gasteiger partial charge < -0.3 is 0 Å². The lowest BCUT2D eigenvalue weighted by atomic mass is 9.89. The molecule has 1 aliphatic carbocycles. The molecule has 0 heterocycles. The molecular weight excluding hydrogens is 364 g/mol. The van der Waals surface area contributed by atoms with Gasteiger partial charge in [-0.15, -0.1) is 11.8 Å². The van der Waals surface area contributed by atoms with Gasteiger partial charge in [0.05, 0.1) is 11.0 Å². The minimum atomic E-state index is -3.76. The maximum Gasteiger partial charge on any atom is 0.297 e. The van der Waals surface area contributed by atoms with E-state index in [2.05, 4.69) is 18.4 Å². The second-order valence-corrected chi connectivity index (χ2v) is 9.31. The molecule has 2 atom stereocenters. The summed E-state index contributed by atoms with van der Waals surface area (Å²) < 4.78 is 31.5. The first kappa shape index (κ1) is 19.5.